The molecule has 0 unspecified atom stereocenters. The molecule has 1 saturated heterocycles. The SMILES string of the molecule is Cc1ccc(NC(=O)c2cc(C(=O)N3CCCC3)ccn2)cc1Br. The molecular weight excluding hydrogens is 370 g/mol. The zero-order chi connectivity index (χ0) is 17.1. The Bertz CT molecular complexity index is 786. The van der Waals surface area contributed by atoms with Crippen molar-refractivity contribution in [2.45, 2.75) is 19.8 Å². The summed E-state index contributed by atoms with van der Waals surface area (Å²) in [7, 11) is 0. The van der Waals surface area contributed by atoms with Gasteiger partial charge in [0.2, 0.25) is 0 Å². The van der Waals surface area contributed by atoms with Gasteiger partial charge in [0, 0.05) is 35.0 Å². The molecule has 0 aliphatic carbocycles. The lowest BCUT2D eigenvalue weighted by molar-refractivity contribution is 0.0792. The van der Waals surface area contributed by atoms with Crippen LogP contribution in [0.25, 0.3) is 0 Å². The number of halogens is 1. The van der Waals surface area contributed by atoms with Crippen LogP contribution in [0.15, 0.2) is 41.0 Å². The highest BCUT2D eigenvalue weighted by molar-refractivity contribution is 9.10. The van der Waals surface area contributed by atoms with Gasteiger partial charge in [-0.05, 0) is 49.6 Å². The third kappa shape index (κ3) is 3.64. The van der Waals surface area contributed by atoms with Crippen LogP contribution in [0.3, 0.4) is 0 Å². The van der Waals surface area contributed by atoms with E-state index in [1.54, 1.807) is 12.1 Å². The Morgan fingerprint density at radius 3 is 2.62 bits per heavy atom. The van der Waals surface area contributed by atoms with Gasteiger partial charge in [0.1, 0.15) is 5.69 Å². The van der Waals surface area contributed by atoms with E-state index in [2.05, 4.69) is 26.2 Å². The molecule has 1 aromatic heterocycles. The zero-order valence-corrected chi connectivity index (χ0v) is 15.0. The van der Waals surface area contributed by atoms with Crippen molar-refractivity contribution in [1.29, 1.82) is 0 Å². The molecule has 2 aromatic rings. The first-order valence-electron chi connectivity index (χ1n) is 7.87. The maximum absolute atomic E-state index is 12.4. The fraction of sp³-hybridized carbons (Fsp3) is 0.278. The van der Waals surface area contributed by atoms with Crippen molar-refractivity contribution >= 4 is 33.4 Å². The van der Waals surface area contributed by atoms with Crippen molar-refractivity contribution in [2.75, 3.05) is 18.4 Å². The highest BCUT2D eigenvalue weighted by atomic mass is 79.9. The number of aryl methyl sites for hydroxylation is 1. The molecule has 1 fully saturated rings. The fourth-order valence-corrected chi connectivity index (χ4v) is 3.04. The summed E-state index contributed by atoms with van der Waals surface area (Å²) in [6.07, 6.45) is 3.57. The van der Waals surface area contributed by atoms with Crippen molar-refractivity contribution in [3.63, 3.8) is 0 Å². The molecule has 1 aromatic carbocycles. The molecule has 6 heteroatoms. The molecule has 0 bridgehead atoms. The van der Waals surface area contributed by atoms with Gasteiger partial charge in [-0.1, -0.05) is 22.0 Å². The van der Waals surface area contributed by atoms with Gasteiger partial charge < -0.3 is 10.2 Å². The molecule has 2 amide bonds. The number of nitrogens with one attached hydrogen (secondary N) is 1. The zero-order valence-electron chi connectivity index (χ0n) is 13.4. The highest BCUT2D eigenvalue weighted by Gasteiger charge is 2.20. The summed E-state index contributed by atoms with van der Waals surface area (Å²) in [5.41, 5.74) is 2.50. The molecule has 0 radical (unpaired) electrons. The number of hydrogen-bond acceptors (Lipinski definition) is 3. The monoisotopic (exact) mass is 387 g/mol. The maximum Gasteiger partial charge on any atom is 0.274 e. The predicted octanol–water partition coefficient (Wildman–Crippen LogP) is 3.64. The first-order valence-corrected chi connectivity index (χ1v) is 8.67. The summed E-state index contributed by atoms with van der Waals surface area (Å²) in [6.45, 7) is 3.53. The standard InChI is InChI=1S/C18H18BrN3O2/c1-12-4-5-14(11-15(12)19)21-17(23)16-10-13(6-7-20-16)18(24)22-8-2-3-9-22/h4-7,10-11H,2-3,8-9H2,1H3,(H,21,23). The molecule has 1 aliphatic rings. The average molecular weight is 388 g/mol. The number of amides is 2. The minimum atomic E-state index is -0.332. The van der Waals surface area contributed by atoms with E-state index in [1.807, 2.05) is 30.0 Å². The molecule has 0 spiro atoms. The Morgan fingerprint density at radius 2 is 1.92 bits per heavy atom. The van der Waals surface area contributed by atoms with Crippen LogP contribution in [0.4, 0.5) is 5.69 Å². The minimum Gasteiger partial charge on any atom is -0.339 e. The summed E-state index contributed by atoms with van der Waals surface area (Å²) in [5, 5.41) is 2.81. The van der Waals surface area contributed by atoms with E-state index in [-0.39, 0.29) is 17.5 Å². The molecular formula is C18H18BrN3O2. The summed E-state index contributed by atoms with van der Waals surface area (Å²) in [5.74, 6) is -0.371. The Balaban J connectivity index is 1.76. The van der Waals surface area contributed by atoms with Gasteiger partial charge in [-0.25, -0.2) is 0 Å². The number of carbonyl (C=O) groups excluding carboxylic acids is 2. The van der Waals surface area contributed by atoms with Crippen molar-refractivity contribution in [3.05, 3.63) is 57.8 Å². The van der Waals surface area contributed by atoms with Crippen LogP contribution in [0.5, 0.6) is 0 Å². The molecule has 124 valence electrons. The number of hydrogen-bond donors (Lipinski definition) is 1. The van der Waals surface area contributed by atoms with Crippen LogP contribution < -0.4 is 5.32 Å². The fourth-order valence-electron chi connectivity index (χ4n) is 2.66. The van der Waals surface area contributed by atoms with Gasteiger partial charge in [-0.3, -0.25) is 14.6 Å². The van der Waals surface area contributed by atoms with E-state index in [1.165, 1.54) is 6.20 Å². The molecule has 1 N–H and O–H groups in total. The lowest BCUT2D eigenvalue weighted by Gasteiger charge is -2.15. The minimum absolute atomic E-state index is 0.0398. The van der Waals surface area contributed by atoms with E-state index in [0.717, 1.165) is 36.0 Å². The second-order valence-electron chi connectivity index (χ2n) is 5.85. The predicted molar refractivity (Wildman–Crippen MR) is 96.2 cm³/mol. The number of benzene rings is 1. The van der Waals surface area contributed by atoms with E-state index in [4.69, 9.17) is 0 Å². The van der Waals surface area contributed by atoms with Crippen LogP contribution >= 0.6 is 15.9 Å². The molecule has 24 heavy (non-hydrogen) atoms. The molecule has 0 atom stereocenters. The lowest BCUT2D eigenvalue weighted by Crippen LogP contribution is -2.28. The molecule has 0 saturated carbocycles. The first-order chi connectivity index (χ1) is 11.5. The van der Waals surface area contributed by atoms with Gasteiger partial charge in [-0.2, -0.15) is 0 Å². The highest BCUT2D eigenvalue weighted by Crippen LogP contribution is 2.21. The Kier molecular flexibility index (Phi) is 4.94. The normalized spacial score (nSPS) is 13.8. The number of carbonyl (C=O) groups is 2. The molecule has 1 aliphatic heterocycles. The Hall–Kier alpha value is -2.21. The number of rotatable bonds is 3. The smallest absolute Gasteiger partial charge is 0.274 e. The molecule has 2 heterocycles. The third-order valence-electron chi connectivity index (χ3n) is 4.06. The second kappa shape index (κ2) is 7.13. The van der Waals surface area contributed by atoms with Gasteiger partial charge in [0.25, 0.3) is 11.8 Å². The maximum atomic E-state index is 12.4. The van der Waals surface area contributed by atoms with Crippen LogP contribution in [0, 0.1) is 6.92 Å². The average Bonchev–Trinajstić information content (AvgIpc) is 3.12. The van der Waals surface area contributed by atoms with Gasteiger partial charge in [-0.15, -0.1) is 0 Å². The van der Waals surface area contributed by atoms with Crippen molar-refractivity contribution in [1.82, 2.24) is 9.88 Å². The number of anilines is 1. The third-order valence-corrected chi connectivity index (χ3v) is 4.92. The summed E-state index contributed by atoms with van der Waals surface area (Å²) < 4.78 is 0.922. The van der Waals surface area contributed by atoms with Gasteiger partial charge in [0.15, 0.2) is 0 Å². The Morgan fingerprint density at radius 1 is 1.17 bits per heavy atom. The molecule has 3 rings (SSSR count). The summed E-state index contributed by atoms with van der Waals surface area (Å²) >= 11 is 3.44. The van der Waals surface area contributed by atoms with Crippen LogP contribution in [0.2, 0.25) is 0 Å². The van der Waals surface area contributed by atoms with E-state index in [9.17, 15) is 9.59 Å². The number of likely N-dealkylation sites (tertiary alicyclic amines) is 1. The number of aromatic nitrogens is 1. The summed E-state index contributed by atoms with van der Waals surface area (Å²) in [6, 6.07) is 8.79. The van der Waals surface area contributed by atoms with Gasteiger partial charge in [0.05, 0.1) is 0 Å². The second-order valence-corrected chi connectivity index (χ2v) is 6.70. The quantitative estimate of drug-likeness (QED) is 0.874. The Labute approximate surface area is 149 Å². The van der Waals surface area contributed by atoms with Crippen molar-refractivity contribution in [3.8, 4) is 0 Å². The topological polar surface area (TPSA) is 62.3 Å². The number of pyridine rings is 1. The van der Waals surface area contributed by atoms with E-state index >= 15 is 0 Å². The van der Waals surface area contributed by atoms with Crippen molar-refractivity contribution < 1.29 is 9.59 Å². The van der Waals surface area contributed by atoms with Crippen LogP contribution in [-0.2, 0) is 0 Å². The van der Waals surface area contributed by atoms with Crippen LogP contribution in [0.1, 0.15) is 39.3 Å². The molecule has 5 nitrogen and oxygen atoms in total. The van der Waals surface area contributed by atoms with E-state index < -0.39 is 0 Å². The van der Waals surface area contributed by atoms with Crippen LogP contribution in [-0.4, -0.2) is 34.8 Å². The largest absolute Gasteiger partial charge is 0.339 e. The summed E-state index contributed by atoms with van der Waals surface area (Å²) in [4.78, 5) is 30.7. The van der Waals surface area contributed by atoms with Gasteiger partial charge >= 0.3 is 0 Å². The first kappa shape index (κ1) is 16.6. The van der Waals surface area contributed by atoms with Crippen molar-refractivity contribution in [2.24, 2.45) is 0 Å². The number of nitrogens with zero attached hydrogens (tertiary/aromatic N) is 2. The van der Waals surface area contributed by atoms with E-state index in [0.29, 0.717) is 11.3 Å². The lowest BCUT2D eigenvalue weighted by atomic mass is 10.2.